The molecule has 0 N–H and O–H groups in total. The van der Waals surface area contributed by atoms with Crippen LogP contribution in [0.5, 0.6) is 0 Å². The summed E-state index contributed by atoms with van der Waals surface area (Å²) in [6, 6.07) is 8.16. The summed E-state index contributed by atoms with van der Waals surface area (Å²) in [5.74, 6) is 0. The van der Waals surface area contributed by atoms with Gasteiger partial charge in [0, 0.05) is 7.05 Å². The minimum absolute atomic E-state index is 0.0313. The van der Waals surface area contributed by atoms with Gasteiger partial charge in [-0.3, -0.25) is 4.68 Å². The molecular formula is C9H9N3O2S. The maximum atomic E-state index is 11.9. The monoisotopic (exact) mass is 223 g/mol. The van der Waals surface area contributed by atoms with E-state index in [9.17, 15) is 8.42 Å². The van der Waals surface area contributed by atoms with E-state index in [0.717, 1.165) is 0 Å². The highest BCUT2D eigenvalue weighted by Crippen LogP contribution is 2.17. The molecule has 15 heavy (non-hydrogen) atoms. The normalized spacial score (nSPS) is 11.5. The molecular weight excluding hydrogens is 214 g/mol. The third-order valence-electron chi connectivity index (χ3n) is 1.91. The minimum Gasteiger partial charge on any atom is -0.254 e. The van der Waals surface area contributed by atoms with E-state index in [1.165, 1.54) is 23.0 Å². The molecule has 0 aliphatic carbocycles. The minimum atomic E-state index is -3.51. The highest BCUT2D eigenvalue weighted by atomic mass is 32.2. The molecule has 2 aromatic rings. The fraction of sp³-hybridized carbons (Fsp3) is 0.111. The number of hydrogen-bond acceptors (Lipinski definition) is 4. The Morgan fingerprint density at radius 1 is 1.20 bits per heavy atom. The van der Waals surface area contributed by atoms with Crippen LogP contribution in [-0.4, -0.2) is 23.4 Å². The average molecular weight is 223 g/mol. The van der Waals surface area contributed by atoms with Crippen LogP contribution in [0.15, 0.2) is 46.5 Å². The summed E-state index contributed by atoms with van der Waals surface area (Å²) in [5, 5.41) is 7.15. The molecule has 2 rings (SSSR count). The molecule has 5 nitrogen and oxygen atoms in total. The van der Waals surface area contributed by atoms with E-state index in [1.807, 2.05) is 0 Å². The SMILES string of the molecule is Cn1cc(S(=O)(=O)c2ccccc2)nn1. The van der Waals surface area contributed by atoms with Crippen molar-refractivity contribution in [1.29, 1.82) is 0 Å². The molecule has 6 heteroatoms. The maximum Gasteiger partial charge on any atom is 0.227 e. The average Bonchev–Trinajstić information content (AvgIpc) is 2.67. The van der Waals surface area contributed by atoms with Crippen molar-refractivity contribution < 1.29 is 8.42 Å². The van der Waals surface area contributed by atoms with E-state index in [1.54, 1.807) is 25.2 Å². The van der Waals surface area contributed by atoms with Crippen LogP contribution in [0.2, 0.25) is 0 Å². The zero-order valence-corrected chi connectivity index (χ0v) is 8.85. The third-order valence-corrected chi connectivity index (χ3v) is 3.54. The first kappa shape index (κ1) is 9.85. The zero-order chi connectivity index (χ0) is 10.9. The summed E-state index contributed by atoms with van der Waals surface area (Å²) in [7, 11) is -1.89. The van der Waals surface area contributed by atoms with E-state index in [4.69, 9.17) is 0 Å². The van der Waals surface area contributed by atoms with E-state index in [2.05, 4.69) is 10.3 Å². The fourth-order valence-electron chi connectivity index (χ4n) is 1.17. The lowest BCUT2D eigenvalue weighted by molar-refractivity contribution is 0.592. The van der Waals surface area contributed by atoms with E-state index < -0.39 is 9.84 Å². The van der Waals surface area contributed by atoms with Crippen molar-refractivity contribution in [3.63, 3.8) is 0 Å². The second-order valence-electron chi connectivity index (χ2n) is 3.05. The van der Waals surface area contributed by atoms with Crippen molar-refractivity contribution >= 4 is 9.84 Å². The molecule has 1 aromatic heterocycles. The summed E-state index contributed by atoms with van der Waals surface area (Å²) in [6.45, 7) is 0. The van der Waals surface area contributed by atoms with Crippen LogP contribution in [0.4, 0.5) is 0 Å². The number of aryl methyl sites for hydroxylation is 1. The number of sulfone groups is 1. The Labute approximate surface area is 87.3 Å². The van der Waals surface area contributed by atoms with E-state index in [0.29, 0.717) is 0 Å². The second-order valence-corrected chi connectivity index (χ2v) is 4.94. The molecule has 0 atom stereocenters. The van der Waals surface area contributed by atoms with Gasteiger partial charge < -0.3 is 0 Å². The first-order valence-electron chi connectivity index (χ1n) is 4.27. The lowest BCUT2D eigenvalue weighted by Gasteiger charge is -1.98. The van der Waals surface area contributed by atoms with Crippen molar-refractivity contribution in [2.24, 2.45) is 7.05 Å². The van der Waals surface area contributed by atoms with Crippen LogP contribution in [0.3, 0.4) is 0 Å². The molecule has 0 bridgehead atoms. The highest BCUT2D eigenvalue weighted by molar-refractivity contribution is 7.91. The molecule has 0 unspecified atom stereocenters. The number of hydrogen-bond donors (Lipinski definition) is 0. The van der Waals surface area contributed by atoms with Gasteiger partial charge in [0.2, 0.25) is 14.9 Å². The Balaban J connectivity index is 2.54. The quantitative estimate of drug-likeness (QED) is 0.749. The maximum absolute atomic E-state index is 11.9. The molecule has 0 saturated carbocycles. The molecule has 0 fully saturated rings. The predicted octanol–water partition coefficient (Wildman–Crippen LogP) is 0.648. The van der Waals surface area contributed by atoms with Gasteiger partial charge in [0.05, 0.1) is 11.1 Å². The summed E-state index contributed by atoms with van der Waals surface area (Å²) in [4.78, 5) is 0.227. The van der Waals surface area contributed by atoms with Crippen molar-refractivity contribution in [3.05, 3.63) is 36.5 Å². The largest absolute Gasteiger partial charge is 0.254 e. The van der Waals surface area contributed by atoms with Crippen LogP contribution < -0.4 is 0 Å². The van der Waals surface area contributed by atoms with Crippen molar-refractivity contribution in [2.75, 3.05) is 0 Å². The Kier molecular flexibility index (Phi) is 2.28. The molecule has 78 valence electrons. The lowest BCUT2D eigenvalue weighted by Crippen LogP contribution is -2.02. The molecule has 0 radical (unpaired) electrons. The molecule has 0 aliphatic heterocycles. The van der Waals surface area contributed by atoms with Crippen molar-refractivity contribution in [2.45, 2.75) is 9.92 Å². The Morgan fingerprint density at radius 2 is 1.87 bits per heavy atom. The molecule has 0 saturated heterocycles. The van der Waals surface area contributed by atoms with Crippen LogP contribution in [0.25, 0.3) is 0 Å². The number of benzene rings is 1. The topological polar surface area (TPSA) is 64.8 Å². The van der Waals surface area contributed by atoms with Gasteiger partial charge in [0.1, 0.15) is 0 Å². The fourth-order valence-corrected chi connectivity index (χ4v) is 2.36. The zero-order valence-electron chi connectivity index (χ0n) is 8.03. The van der Waals surface area contributed by atoms with Gasteiger partial charge in [-0.1, -0.05) is 23.4 Å². The standard InChI is InChI=1S/C9H9N3O2S/c1-12-7-9(10-11-12)15(13,14)8-5-3-2-4-6-8/h2-7H,1H3. The molecule has 1 heterocycles. The van der Waals surface area contributed by atoms with E-state index >= 15 is 0 Å². The summed E-state index contributed by atoms with van der Waals surface area (Å²) >= 11 is 0. The molecule has 1 aromatic carbocycles. The van der Waals surface area contributed by atoms with Gasteiger partial charge in [0.15, 0.2) is 0 Å². The smallest absolute Gasteiger partial charge is 0.227 e. The Morgan fingerprint density at radius 3 is 2.40 bits per heavy atom. The van der Waals surface area contributed by atoms with Crippen LogP contribution in [0, 0.1) is 0 Å². The van der Waals surface area contributed by atoms with Crippen LogP contribution in [-0.2, 0) is 16.9 Å². The van der Waals surface area contributed by atoms with Gasteiger partial charge in [-0.2, -0.15) is 0 Å². The van der Waals surface area contributed by atoms with Gasteiger partial charge in [-0.25, -0.2) is 8.42 Å². The Bertz CT molecular complexity index is 560. The lowest BCUT2D eigenvalue weighted by atomic mass is 10.4. The summed E-state index contributed by atoms with van der Waals surface area (Å²) < 4.78 is 25.2. The number of nitrogens with zero attached hydrogens (tertiary/aromatic N) is 3. The number of aromatic nitrogens is 3. The summed E-state index contributed by atoms with van der Waals surface area (Å²) in [5.41, 5.74) is 0. The van der Waals surface area contributed by atoms with Crippen LogP contribution >= 0.6 is 0 Å². The van der Waals surface area contributed by atoms with Crippen molar-refractivity contribution in [1.82, 2.24) is 15.0 Å². The van der Waals surface area contributed by atoms with Crippen molar-refractivity contribution in [3.8, 4) is 0 Å². The molecule has 0 aliphatic rings. The Hall–Kier alpha value is -1.69. The first-order chi connectivity index (χ1) is 7.10. The predicted molar refractivity (Wildman–Crippen MR) is 52.9 cm³/mol. The molecule has 0 spiro atoms. The summed E-state index contributed by atoms with van der Waals surface area (Å²) in [6.07, 6.45) is 1.38. The molecule has 0 amide bonds. The first-order valence-corrected chi connectivity index (χ1v) is 5.75. The van der Waals surface area contributed by atoms with E-state index in [-0.39, 0.29) is 9.92 Å². The number of rotatable bonds is 2. The second kappa shape index (κ2) is 3.47. The highest BCUT2D eigenvalue weighted by Gasteiger charge is 2.20. The van der Waals surface area contributed by atoms with Gasteiger partial charge in [-0.15, -0.1) is 5.10 Å². The third kappa shape index (κ3) is 1.75. The van der Waals surface area contributed by atoms with Gasteiger partial charge >= 0.3 is 0 Å². The van der Waals surface area contributed by atoms with Gasteiger partial charge in [-0.05, 0) is 12.1 Å². The van der Waals surface area contributed by atoms with Crippen LogP contribution in [0.1, 0.15) is 0 Å². The van der Waals surface area contributed by atoms with Gasteiger partial charge in [0.25, 0.3) is 0 Å².